The molecule has 0 aliphatic rings. The number of alkyl halides is 3. The molecule has 0 saturated heterocycles. The third kappa shape index (κ3) is 3.22. The Hall–Kier alpha value is -1.92. The second kappa shape index (κ2) is 5.83. The van der Waals surface area contributed by atoms with Crippen LogP contribution in [0.2, 0.25) is 0 Å². The predicted molar refractivity (Wildman–Crippen MR) is 71.7 cm³/mol. The smallest absolute Gasteiger partial charge is 0.271 e. The number of hydrogen-bond acceptors (Lipinski definition) is 2. The molecule has 3 N–H and O–H groups in total. The van der Waals surface area contributed by atoms with Crippen LogP contribution >= 0.6 is 0 Å². The number of hydrogen-bond donors (Lipinski definition) is 2. The van der Waals surface area contributed by atoms with Gasteiger partial charge >= 0.3 is 6.18 Å². The van der Waals surface area contributed by atoms with Gasteiger partial charge in [-0.15, -0.1) is 0 Å². The van der Waals surface area contributed by atoms with Crippen LogP contribution in [0.4, 0.5) is 17.6 Å². The van der Waals surface area contributed by atoms with Gasteiger partial charge in [0.15, 0.2) is 0 Å². The molecule has 2 aromatic carbocycles. The van der Waals surface area contributed by atoms with Crippen molar-refractivity contribution in [3.05, 3.63) is 70.5 Å². The Bertz CT molecular complexity index is 621. The number of nitrogens with two attached hydrogens (primary N) is 1. The van der Waals surface area contributed by atoms with Gasteiger partial charge in [-0.05, 0) is 30.2 Å². The summed E-state index contributed by atoms with van der Waals surface area (Å²) in [7, 11) is 0. The number of nitrogens with one attached hydrogen (secondary N) is 1. The van der Waals surface area contributed by atoms with Crippen molar-refractivity contribution in [2.45, 2.75) is 19.1 Å². The molecule has 112 valence electrons. The van der Waals surface area contributed by atoms with Gasteiger partial charge in [0.1, 0.15) is 5.82 Å². The van der Waals surface area contributed by atoms with Crippen LogP contribution in [-0.2, 0) is 6.18 Å². The van der Waals surface area contributed by atoms with Gasteiger partial charge in [-0.3, -0.25) is 5.84 Å². The minimum atomic E-state index is -4.40. The van der Waals surface area contributed by atoms with E-state index in [1.165, 1.54) is 12.1 Å². The Morgan fingerprint density at radius 2 is 1.67 bits per heavy atom. The van der Waals surface area contributed by atoms with E-state index in [0.717, 1.165) is 12.1 Å². The molecule has 0 radical (unpaired) electrons. The average molecular weight is 298 g/mol. The maximum absolute atomic E-state index is 14.1. The van der Waals surface area contributed by atoms with Gasteiger partial charge in [-0.1, -0.05) is 30.3 Å². The van der Waals surface area contributed by atoms with E-state index in [9.17, 15) is 17.6 Å². The van der Waals surface area contributed by atoms with Crippen LogP contribution in [0.15, 0.2) is 42.5 Å². The van der Waals surface area contributed by atoms with Crippen molar-refractivity contribution in [1.29, 1.82) is 0 Å². The molecule has 2 aromatic rings. The van der Waals surface area contributed by atoms with E-state index in [1.54, 1.807) is 25.1 Å². The Morgan fingerprint density at radius 3 is 2.19 bits per heavy atom. The Morgan fingerprint density at radius 1 is 1.05 bits per heavy atom. The van der Waals surface area contributed by atoms with E-state index in [1.807, 2.05) is 0 Å². The molecular formula is C15H14F4N2. The van der Waals surface area contributed by atoms with Crippen molar-refractivity contribution in [2.75, 3.05) is 0 Å². The summed E-state index contributed by atoms with van der Waals surface area (Å²) in [6, 6.07) is 8.59. The highest BCUT2D eigenvalue weighted by Crippen LogP contribution is 2.31. The first-order valence-corrected chi connectivity index (χ1v) is 6.23. The molecule has 0 fully saturated rings. The molecule has 1 atom stereocenters. The zero-order chi connectivity index (χ0) is 15.6. The third-order valence-electron chi connectivity index (χ3n) is 3.27. The molecule has 6 heteroatoms. The lowest BCUT2D eigenvalue weighted by atomic mass is 9.96. The first kappa shape index (κ1) is 15.5. The van der Waals surface area contributed by atoms with Crippen LogP contribution in [0.5, 0.6) is 0 Å². The number of hydrazine groups is 1. The minimum Gasteiger partial charge on any atom is -0.271 e. The van der Waals surface area contributed by atoms with E-state index in [-0.39, 0.29) is 5.56 Å². The standard InChI is InChI=1S/C15H14F4N2/c1-9-3-2-4-12(13(9)16)14(21-20)10-5-7-11(8-6-10)15(17,18)19/h2-8,14,21H,20H2,1H3. The normalized spacial score (nSPS) is 13.2. The van der Waals surface area contributed by atoms with Gasteiger partial charge in [0, 0.05) is 5.56 Å². The fraction of sp³-hybridized carbons (Fsp3) is 0.200. The summed E-state index contributed by atoms with van der Waals surface area (Å²) in [6.45, 7) is 1.61. The molecule has 0 heterocycles. The first-order valence-electron chi connectivity index (χ1n) is 6.23. The molecule has 0 bridgehead atoms. The number of benzene rings is 2. The van der Waals surface area contributed by atoms with Gasteiger partial charge in [0.05, 0.1) is 11.6 Å². The summed E-state index contributed by atoms with van der Waals surface area (Å²) >= 11 is 0. The number of halogens is 4. The topological polar surface area (TPSA) is 38.0 Å². The van der Waals surface area contributed by atoms with Crippen LogP contribution in [0, 0.1) is 12.7 Å². The van der Waals surface area contributed by atoms with E-state index in [2.05, 4.69) is 5.43 Å². The molecule has 0 aromatic heterocycles. The fourth-order valence-corrected chi connectivity index (χ4v) is 2.12. The van der Waals surface area contributed by atoms with Crippen molar-refractivity contribution < 1.29 is 17.6 Å². The molecular weight excluding hydrogens is 284 g/mol. The summed E-state index contributed by atoms with van der Waals surface area (Å²) < 4.78 is 51.7. The van der Waals surface area contributed by atoms with E-state index in [0.29, 0.717) is 11.1 Å². The molecule has 21 heavy (non-hydrogen) atoms. The Balaban J connectivity index is 2.40. The largest absolute Gasteiger partial charge is 0.416 e. The summed E-state index contributed by atoms with van der Waals surface area (Å²) in [5, 5.41) is 0. The van der Waals surface area contributed by atoms with E-state index in [4.69, 9.17) is 5.84 Å². The number of rotatable bonds is 3. The molecule has 0 aliphatic carbocycles. The van der Waals surface area contributed by atoms with Crippen molar-refractivity contribution in [3.63, 3.8) is 0 Å². The zero-order valence-electron chi connectivity index (χ0n) is 11.2. The zero-order valence-corrected chi connectivity index (χ0v) is 11.2. The minimum absolute atomic E-state index is 0.289. The highest BCUT2D eigenvalue weighted by Gasteiger charge is 2.30. The summed E-state index contributed by atoms with van der Waals surface area (Å²) in [6.07, 6.45) is -4.40. The third-order valence-corrected chi connectivity index (χ3v) is 3.27. The van der Waals surface area contributed by atoms with Crippen LogP contribution in [0.25, 0.3) is 0 Å². The predicted octanol–water partition coefficient (Wildman–Crippen LogP) is 3.71. The maximum Gasteiger partial charge on any atom is 0.416 e. The molecule has 0 spiro atoms. The Labute approximate surface area is 119 Å². The second-order valence-electron chi connectivity index (χ2n) is 4.70. The first-order chi connectivity index (χ1) is 9.84. The quantitative estimate of drug-likeness (QED) is 0.515. The van der Waals surface area contributed by atoms with Gasteiger partial charge < -0.3 is 0 Å². The number of aryl methyl sites for hydroxylation is 1. The summed E-state index contributed by atoms with van der Waals surface area (Å²) in [5.41, 5.74) is 2.87. The SMILES string of the molecule is Cc1cccc(C(NN)c2ccc(C(F)(F)F)cc2)c1F. The molecule has 1 unspecified atom stereocenters. The molecule has 0 amide bonds. The average Bonchev–Trinajstić information content (AvgIpc) is 2.44. The molecule has 2 nitrogen and oxygen atoms in total. The van der Waals surface area contributed by atoms with Crippen LogP contribution < -0.4 is 11.3 Å². The molecule has 0 aliphatic heterocycles. The van der Waals surface area contributed by atoms with Crippen molar-refractivity contribution in [3.8, 4) is 0 Å². The van der Waals surface area contributed by atoms with Gasteiger partial charge in [-0.2, -0.15) is 13.2 Å². The van der Waals surface area contributed by atoms with Crippen LogP contribution in [0.1, 0.15) is 28.3 Å². The second-order valence-corrected chi connectivity index (χ2v) is 4.70. The van der Waals surface area contributed by atoms with Crippen molar-refractivity contribution in [2.24, 2.45) is 5.84 Å². The molecule has 0 saturated carbocycles. The van der Waals surface area contributed by atoms with E-state index < -0.39 is 23.6 Å². The van der Waals surface area contributed by atoms with E-state index >= 15 is 0 Å². The van der Waals surface area contributed by atoms with Crippen LogP contribution in [0.3, 0.4) is 0 Å². The van der Waals surface area contributed by atoms with Crippen LogP contribution in [-0.4, -0.2) is 0 Å². The lowest BCUT2D eigenvalue weighted by Gasteiger charge is -2.19. The fourth-order valence-electron chi connectivity index (χ4n) is 2.12. The highest BCUT2D eigenvalue weighted by atomic mass is 19.4. The monoisotopic (exact) mass is 298 g/mol. The van der Waals surface area contributed by atoms with Crippen molar-refractivity contribution >= 4 is 0 Å². The van der Waals surface area contributed by atoms with Gasteiger partial charge in [-0.25, -0.2) is 9.82 Å². The maximum atomic E-state index is 14.1. The molecule has 2 rings (SSSR count). The summed E-state index contributed by atoms with van der Waals surface area (Å²) in [5.74, 6) is 5.01. The highest BCUT2D eigenvalue weighted by molar-refractivity contribution is 5.36. The lowest BCUT2D eigenvalue weighted by molar-refractivity contribution is -0.137. The van der Waals surface area contributed by atoms with Gasteiger partial charge in [0.25, 0.3) is 0 Å². The Kier molecular flexibility index (Phi) is 4.29. The van der Waals surface area contributed by atoms with Crippen molar-refractivity contribution in [1.82, 2.24) is 5.43 Å². The van der Waals surface area contributed by atoms with Gasteiger partial charge in [0.2, 0.25) is 0 Å². The summed E-state index contributed by atoms with van der Waals surface area (Å²) in [4.78, 5) is 0. The lowest BCUT2D eigenvalue weighted by Crippen LogP contribution is -2.29.